The minimum Gasteiger partial charge on any atom is -0.341 e. The van der Waals surface area contributed by atoms with Crippen LogP contribution in [0.25, 0.3) is 22.2 Å². The van der Waals surface area contributed by atoms with E-state index in [0.717, 1.165) is 45.0 Å². The van der Waals surface area contributed by atoms with E-state index in [2.05, 4.69) is 28.9 Å². The minimum absolute atomic E-state index is 0.226. The van der Waals surface area contributed by atoms with Crippen LogP contribution in [0.1, 0.15) is 22.8 Å². The molecule has 1 N–H and O–H groups in total. The Hall–Kier alpha value is -2.75. The first-order valence-electron chi connectivity index (χ1n) is 9.44. The van der Waals surface area contributed by atoms with Gasteiger partial charge in [-0.05, 0) is 61.9 Å². The van der Waals surface area contributed by atoms with Gasteiger partial charge in [-0.1, -0.05) is 47.5 Å². The van der Waals surface area contributed by atoms with Gasteiger partial charge in [0.15, 0.2) is 0 Å². The second kappa shape index (κ2) is 7.94. The molecule has 1 amide bonds. The van der Waals surface area contributed by atoms with Gasteiger partial charge in [0.25, 0.3) is 5.91 Å². The van der Waals surface area contributed by atoms with Crippen molar-refractivity contribution in [2.75, 3.05) is 5.32 Å². The number of nitrogens with zero attached hydrogens (tertiary/aromatic N) is 1. The Bertz CT molecular complexity index is 1230. The molecule has 0 fully saturated rings. The topological polar surface area (TPSA) is 34.0 Å². The van der Waals surface area contributed by atoms with E-state index in [4.69, 9.17) is 23.2 Å². The summed E-state index contributed by atoms with van der Waals surface area (Å²) < 4.78 is 2.26. The summed E-state index contributed by atoms with van der Waals surface area (Å²) in [6.07, 6.45) is 0. The van der Waals surface area contributed by atoms with Crippen molar-refractivity contribution in [2.45, 2.75) is 20.4 Å². The van der Waals surface area contributed by atoms with Gasteiger partial charge < -0.3 is 9.88 Å². The van der Waals surface area contributed by atoms with Gasteiger partial charge in [0, 0.05) is 39.4 Å². The lowest BCUT2D eigenvalue weighted by molar-refractivity contribution is 0.102. The highest BCUT2D eigenvalue weighted by Gasteiger charge is 2.15. The normalized spacial score (nSPS) is 11.0. The van der Waals surface area contributed by atoms with Gasteiger partial charge in [-0.3, -0.25) is 4.79 Å². The highest BCUT2D eigenvalue weighted by Crippen LogP contribution is 2.34. The number of nitrogens with one attached hydrogen (secondary N) is 1. The van der Waals surface area contributed by atoms with Crippen LogP contribution >= 0.6 is 23.2 Å². The van der Waals surface area contributed by atoms with Crippen LogP contribution in [0.3, 0.4) is 0 Å². The number of aryl methyl sites for hydroxylation is 1. The third kappa shape index (κ3) is 3.64. The molecular weight excluding hydrogens is 403 g/mol. The van der Waals surface area contributed by atoms with Gasteiger partial charge in [-0.25, -0.2) is 0 Å². The summed E-state index contributed by atoms with van der Waals surface area (Å²) in [6.45, 7) is 4.98. The molecule has 0 aliphatic carbocycles. The van der Waals surface area contributed by atoms with E-state index in [0.29, 0.717) is 10.6 Å². The molecule has 0 radical (unpaired) electrons. The van der Waals surface area contributed by atoms with Crippen LogP contribution < -0.4 is 5.32 Å². The molecular formula is C24H20Cl2N2O. The first-order chi connectivity index (χ1) is 14.0. The Balaban J connectivity index is 1.74. The van der Waals surface area contributed by atoms with Gasteiger partial charge in [0.1, 0.15) is 0 Å². The zero-order valence-electron chi connectivity index (χ0n) is 16.2. The number of fused-ring (bicyclic) bond motifs is 1. The number of aromatic nitrogens is 1. The molecule has 29 heavy (non-hydrogen) atoms. The van der Waals surface area contributed by atoms with Crippen molar-refractivity contribution in [2.24, 2.45) is 0 Å². The van der Waals surface area contributed by atoms with Crippen LogP contribution in [0.4, 0.5) is 5.69 Å². The van der Waals surface area contributed by atoms with Crippen LogP contribution in [0.5, 0.6) is 0 Å². The van der Waals surface area contributed by atoms with Crippen molar-refractivity contribution in [3.05, 3.63) is 87.9 Å². The summed E-state index contributed by atoms with van der Waals surface area (Å²) in [7, 11) is 0. The fourth-order valence-electron chi connectivity index (χ4n) is 3.64. The van der Waals surface area contributed by atoms with Crippen molar-refractivity contribution in [3.8, 4) is 11.3 Å². The smallest absolute Gasteiger partial charge is 0.257 e. The van der Waals surface area contributed by atoms with Crippen molar-refractivity contribution in [1.29, 1.82) is 0 Å². The number of hydrogen-bond donors (Lipinski definition) is 1. The average Bonchev–Trinajstić information content (AvgIpc) is 3.07. The summed E-state index contributed by atoms with van der Waals surface area (Å²) in [6, 6.07) is 21.1. The lowest BCUT2D eigenvalue weighted by Crippen LogP contribution is -2.12. The molecule has 0 aliphatic heterocycles. The predicted octanol–water partition coefficient (Wildman–Crippen LogP) is 7.20. The monoisotopic (exact) mass is 422 g/mol. The van der Waals surface area contributed by atoms with Crippen LogP contribution in [-0.2, 0) is 6.54 Å². The molecule has 1 heterocycles. The molecule has 0 aliphatic rings. The van der Waals surface area contributed by atoms with Gasteiger partial charge in [0.05, 0.1) is 10.6 Å². The van der Waals surface area contributed by atoms with Crippen molar-refractivity contribution in [1.82, 2.24) is 4.57 Å². The number of anilines is 1. The zero-order chi connectivity index (χ0) is 20.5. The number of carbonyl (C=O) groups excluding carboxylic acids is 1. The van der Waals surface area contributed by atoms with Gasteiger partial charge >= 0.3 is 0 Å². The average molecular weight is 423 g/mol. The van der Waals surface area contributed by atoms with Crippen molar-refractivity contribution < 1.29 is 4.79 Å². The molecule has 0 saturated carbocycles. The van der Waals surface area contributed by atoms with Crippen molar-refractivity contribution >= 4 is 45.7 Å². The molecule has 0 spiro atoms. The molecule has 0 unspecified atom stereocenters. The number of halogens is 2. The molecule has 0 bridgehead atoms. The van der Waals surface area contributed by atoms with Crippen LogP contribution in [0, 0.1) is 6.92 Å². The van der Waals surface area contributed by atoms with Gasteiger partial charge in [-0.2, -0.15) is 0 Å². The summed E-state index contributed by atoms with van der Waals surface area (Å²) in [5.41, 5.74) is 5.56. The first-order valence-corrected chi connectivity index (χ1v) is 10.2. The number of amides is 1. The molecule has 3 aromatic carbocycles. The Kier molecular flexibility index (Phi) is 5.35. The van der Waals surface area contributed by atoms with Gasteiger partial charge in [-0.15, -0.1) is 0 Å². The standard InChI is InChI=1S/C24H20Cl2N2O/c1-3-28-22-12-11-17(27-24(29)19-7-4-5-9-21(19)26)13-16(22)14-23(28)18-8-6-10-20(25)15(18)2/h4-14H,3H2,1-2H3,(H,27,29). The number of hydrogen-bond acceptors (Lipinski definition) is 1. The lowest BCUT2D eigenvalue weighted by Gasteiger charge is -2.11. The fourth-order valence-corrected chi connectivity index (χ4v) is 4.04. The molecule has 1 aromatic heterocycles. The highest BCUT2D eigenvalue weighted by atomic mass is 35.5. The van der Waals surface area contributed by atoms with E-state index < -0.39 is 0 Å². The van der Waals surface area contributed by atoms with E-state index >= 15 is 0 Å². The van der Waals surface area contributed by atoms with Crippen LogP contribution in [-0.4, -0.2) is 10.5 Å². The SMILES string of the molecule is CCn1c(-c2cccc(Cl)c2C)cc2cc(NC(=O)c3ccccc3Cl)ccc21. The molecule has 4 rings (SSSR count). The van der Waals surface area contributed by atoms with Gasteiger partial charge in [0.2, 0.25) is 0 Å². The van der Waals surface area contributed by atoms with E-state index in [-0.39, 0.29) is 5.91 Å². The summed E-state index contributed by atoms with van der Waals surface area (Å²) in [5.74, 6) is -0.226. The summed E-state index contributed by atoms with van der Waals surface area (Å²) in [4.78, 5) is 12.6. The highest BCUT2D eigenvalue weighted by molar-refractivity contribution is 6.34. The molecule has 0 atom stereocenters. The minimum atomic E-state index is -0.226. The van der Waals surface area contributed by atoms with E-state index in [1.807, 2.05) is 37.3 Å². The maximum atomic E-state index is 12.6. The molecule has 5 heteroatoms. The lowest BCUT2D eigenvalue weighted by atomic mass is 10.1. The molecule has 4 aromatic rings. The van der Waals surface area contributed by atoms with Crippen LogP contribution in [0.2, 0.25) is 10.0 Å². The third-order valence-electron chi connectivity index (χ3n) is 5.14. The molecule has 0 saturated heterocycles. The first kappa shape index (κ1) is 19.6. The van der Waals surface area contributed by atoms with E-state index in [9.17, 15) is 4.79 Å². The number of carbonyl (C=O) groups is 1. The fraction of sp³-hybridized carbons (Fsp3) is 0.125. The van der Waals surface area contributed by atoms with Crippen LogP contribution in [0.15, 0.2) is 66.7 Å². The summed E-state index contributed by atoms with van der Waals surface area (Å²) in [5, 5.41) is 5.18. The summed E-state index contributed by atoms with van der Waals surface area (Å²) >= 11 is 12.5. The Morgan fingerprint density at radius 3 is 2.48 bits per heavy atom. The number of benzene rings is 3. The Morgan fingerprint density at radius 2 is 1.72 bits per heavy atom. The largest absolute Gasteiger partial charge is 0.341 e. The zero-order valence-corrected chi connectivity index (χ0v) is 17.7. The van der Waals surface area contributed by atoms with E-state index in [1.165, 1.54) is 0 Å². The molecule has 146 valence electrons. The third-order valence-corrected chi connectivity index (χ3v) is 5.88. The second-order valence-corrected chi connectivity index (χ2v) is 7.71. The van der Waals surface area contributed by atoms with E-state index in [1.54, 1.807) is 24.3 Å². The maximum Gasteiger partial charge on any atom is 0.257 e. The predicted molar refractivity (Wildman–Crippen MR) is 122 cm³/mol. The molecule has 3 nitrogen and oxygen atoms in total. The second-order valence-electron chi connectivity index (χ2n) is 6.89. The Morgan fingerprint density at radius 1 is 0.966 bits per heavy atom. The maximum absolute atomic E-state index is 12.6. The van der Waals surface area contributed by atoms with Crippen molar-refractivity contribution in [3.63, 3.8) is 0 Å². The number of rotatable bonds is 4. The quantitative estimate of drug-likeness (QED) is 0.370. The Labute approximate surface area is 179 Å².